The summed E-state index contributed by atoms with van der Waals surface area (Å²) in [5, 5.41) is 0.827. The molecule has 0 amide bonds. The standard InChI is InChI=1S/C11H10BrF/c1-9-5-6-11(13)10(8-9)4-2-3-7-12/h5-6,8H,3,7H2,1H3. The zero-order chi connectivity index (χ0) is 9.68. The minimum Gasteiger partial charge on any atom is -0.206 e. The molecular weight excluding hydrogens is 231 g/mol. The molecule has 0 saturated carbocycles. The average Bonchev–Trinajstić information content (AvgIpc) is 2.11. The van der Waals surface area contributed by atoms with Crippen molar-refractivity contribution in [2.45, 2.75) is 13.3 Å². The van der Waals surface area contributed by atoms with Gasteiger partial charge in [-0.15, -0.1) is 0 Å². The van der Waals surface area contributed by atoms with E-state index in [0.29, 0.717) is 5.56 Å². The van der Waals surface area contributed by atoms with Crippen LogP contribution in [0.25, 0.3) is 0 Å². The number of rotatable bonds is 1. The van der Waals surface area contributed by atoms with Crippen molar-refractivity contribution in [1.29, 1.82) is 0 Å². The lowest BCUT2D eigenvalue weighted by Crippen LogP contribution is -1.84. The van der Waals surface area contributed by atoms with Gasteiger partial charge in [0.2, 0.25) is 0 Å². The van der Waals surface area contributed by atoms with Gasteiger partial charge in [-0.2, -0.15) is 0 Å². The van der Waals surface area contributed by atoms with Crippen molar-refractivity contribution >= 4 is 15.9 Å². The third-order valence-electron chi connectivity index (χ3n) is 1.56. The molecular formula is C11H10BrF. The van der Waals surface area contributed by atoms with Gasteiger partial charge < -0.3 is 0 Å². The van der Waals surface area contributed by atoms with Crippen LogP contribution in [0.4, 0.5) is 4.39 Å². The molecule has 0 bridgehead atoms. The van der Waals surface area contributed by atoms with Gasteiger partial charge in [-0.05, 0) is 24.6 Å². The molecule has 0 nitrogen and oxygen atoms in total. The third kappa shape index (κ3) is 3.20. The summed E-state index contributed by atoms with van der Waals surface area (Å²) in [6.07, 6.45) is 0.743. The van der Waals surface area contributed by atoms with Crippen LogP contribution in [0.1, 0.15) is 17.5 Å². The zero-order valence-electron chi connectivity index (χ0n) is 7.40. The molecule has 0 N–H and O–H groups in total. The van der Waals surface area contributed by atoms with Gasteiger partial charge in [0.15, 0.2) is 0 Å². The molecule has 1 aromatic carbocycles. The molecule has 0 atom stereocenters. The minimum atomic E-state index is -0.243. The van der Waals surface area contributed by atoms with Crippen molar-refractivity contribution in [2.75, 3.05) is 5.33 Å². The van der Waals surface area contributed by atoms with Crippen molar-refractivity contribution in [1.82, 2.24) is 0 Å². The van der Waals surface area contributed by atoms with Crippen molar-refractivity contribution in [3.05, 3.63) is 35.1 Å². The Bertz CT molecular complexity index is 347. The van der Waals surface area contributed by atoms with Crippen molar-refractivity contribution < 1.29 is 4.39 Å². The lowest BCUT2D eigenvalue weighted by Gasteiger charge is -1.95. The number of benzene rings is 1. The van der Waals surface area contributed by atoms with Gasteiger partial charge in [-0.3, -0.25) is 0 Å². The summed E-state index contributed by atoms with van der Waals surface area (Å²) in [5.41, 5.74) is 1.52. The Hall–Kier alpha value is -0.810. The van der Waals surface area contributed by atoms with E-state index in [-0.39, 0.29) is 5.82 Å². The molecule has 1 rings (SSSR count). The largest absolute Gasteiger partial charge is 0.206 e. The number of halogens is 2. The molecule has 0 aliphatic carbocycles. The highest BCUT2D eigenvalue weighted by Gasteiger charge is 1.97. The van der Waals surface area contributed by atoms with E-state index in [1.807, 2.05) is 6.92 Å². The molecule has 13 heavy (non-hydrogen) atoms. The summed E-state index contributed by atoms with van der Waals surface area (Å²) >= 11 is 3.26. The monoisotopic (exact) mass is 240 g/mol. The van der Waals surface area contributed by atoms with Crippen LogP contribution in [0.15, 0.2) is 18.2 Å². The third-order valence-corrected chi connectivity index (χ3v) is 1.96. The fourth-order valence-corrected chi connectivity index (χ4v) is 1.14. The van der Waals surface area contributed by atoms with Crippen molar-refractivity contribution in [2.24, 2.45) is 0 Å². The first-order chi connectivity index (χ1) is 6.24. The summed E-state index contributed by atoms with van der Waals surface area (Å²) in [6.45, 7) is 1.93. The van der Waals surface area contributed by atoms with Gasteiger partial charge >= 0.3 is 0 Å². The second-order valence-electron chi connectivity index (χ2n) is 2.72. The summed E-state index contributed by atoms with van der Waals surface area (Å²) < 4.78 is 13.1. The highest BCUT2D eigenvalue weighted by Crippen LogP contribution is 2.08. The first-order valence-electron chi connectivity index (χ1n) is 4.05. The number of hydrogen-bond acceptors (Lipinski definition) is 0. The smallest absolute Gasteiger partial charge is 0.138 e. The molecule has 1 aromatic rings. The van der Waals surface area contributed by atoms with E-state index in [2.05, 4.69) is 27.8 Å². The molecule has 0 aliphatic heterocycles. The van der Waals surface area contributed by atoms with E-state index in [4.69, 9.17) is 0 Å². The van der Waals surface area contributed by atoms with Crippen LogP contribution >= 0.6 is 15.9 Å². The summed E-state index contributed by atoms with van der Waals surface area (Å²) in [7, 11) is 0. The summed E-state index contributed by atoms with van der Waals surface area (Å²) in [4.78, 5) is 0. The van der Waals surface area contributed by atoms with Gasteiger partial charge in [0.1, 0.15) is 5.82 Å². The second-order valence-corrected chi connectivity index (χ2v) is 3.52. The van der Waals surface area contributed by atoms with Gasteiger partial charge in [0.05, 0.1) is 5.56 Å². The molecule has 0 spiro atoms. The molecule has 0 fully saturated rings. The van der Waals surface area contributed by atoms with Crippen molar-refractivity contribution in [3.63, 3.8) is 0 Å². The predicted octanol–water partition coefficient (Wildman–Crippen LogP) is 3.27. The lowest BCUT2D eigenvalue weighted by molar-refractivity contribution is 0.624. The molecule has 0 heterocycles. The van der Waals surface area contributed by atoms with Crippen LogP contribution < -0.4 is 0 Å². The molecule has 0 radical (unpaired) electrons. The van der Waals surface area contributed by atoms with E-state index in [9.17, 15) is 4.39 Å². The first kappa shape index (κ1) is 10.3. The highest BCUT2D eigenvalue weighted by atomic mass is 79.9. The van der Waals surface area contributed by atoms with Crippen molar-refractivity contribution in [3.8, 4) is 11.8 Å². The maximum Gasteiger partial charge on any atom is 0.138 e. The minimum absolute atomic E-state index is 0.243. The van der Waals surface area contributed by atoms with Gasteiger partial charge in [-0.1, -0.05) is 33.8 Å². The molecule has 0 aliphatic rings. The van der Waals surface area contributed by atoms with Gasteiger partial charge in [0.25, 0.3) is 0 Å². The number of hydrogen-bond donors (Lipinski definition) is 0. The quantitative estimate of drug-likeness (QED) is 0.523. The highest BCUT2D eigenvalue weighted by molar-refractivity contribution is 9.09. The van der Waals surface area contributed by atoms with Crippen LogP contribution in [-0.4, -0.2) is 5.33 Å². The Morgan fingerprint density at radius 3 is 2.92 bits per heavy atom. The zero-order valence-corrected chi connectivity index (χ0v) is 8.99. The Morgan fingerprint density at radius 1 is 1.46 bits per heavy atom. The maximum atomic E-state index is 13.1. The topological polar surface area (TPSA) is 0 Å². The Balaban J connectivity index is 2.89. The van der Waals surface area contributed by atoms with E-state index in [1.165, 1.54) is 6.07 Å². The molecule has 2 heteroatoms. The fraction of sp³-hybridized carbons (Fsp3) is 0.273. The Labute approximate surface area is 86.3 Å². The van der Waals surface area contributed by atoms with E-state index in [1.54, 1.807) is 12.1 Å². The summed E-state index contributed by atoms with van der Waals surface area (Å²) in [6, 6.07) is 4.95. The van der Waals surface area contributed by atoms with E-state index >= 15 is 0 Å². The Morgan fingerprint density at radius 2 is 2.23 bits per heavy atom. The maximum absolute atomic E-state index is 13.1. The summed E-state index contributed by atoms with van der Waals surface area (Å²) in [5.74, 6) is 5.44. The average molecular weight is 241 g/mol. The van der Waals surface area contributed by atoms with Crippen LogP contribution in [0.2, 0.25) is 0 Å². The normalized spacial score (nSPS) is 9.15. The second kappa shape index (κ2) is 5.04. The number of aryl methyl sites for hydroxylation is 1. The van der Waals surface area contributed by atoms with E-state index < -0.39 is 0 Å². The van der Waals surface area contributed by atoms with Gasteiger partial charge in [0, 0.05) is 11.8 Å². The molecule has 68 valence electrons. The Kier molecular flexibility index (Phi) is 3.98. The number of alkyl halides is 1. The van der Waals surface area contributed by atoms with Crippen LogP contribution in [0.5, 0.6) is 0 Å². The van der Waals surface area contributed by atoms with E-state index in [0.717, 1.165) is 17.3 Å². The SMILES string of the molecule is Cc1ccc(F)c(C#CCCBr)c1. The van der Waals surface area contributed by atoms with Gasteiger partial charge in [-0.25, -0.2) is 4.39 Å². The van der Waals surface area contributed by atoms with Crippen LogP contribution in [0, 0.1) is 24.6 Å². The molecule has 0 aromatic heterocycles. The molecule has 0 unspecified atom stereocenters. The van der Waals surface area contributed by atoms with Crippen LogP contribution in [0.3, 0.4) is 0 Å². The lowest BCUT2D eigenvalue weighted by atomic mass is 10.1. The van der Waals surface area contributed by atoms with Crippen LogP contribution in [-0.2, 0) is 0 Å². The molecule has 0 saturated heterocycles. The fourth-order valence-electron chi connectivity index (χ4n) is 0.940. The first-order valence-corrected chi connectivity index (χ1v) is 5.17. The predicted molar refractivity (Wildman–Crippen MR) is 56.4 cm³/mol.